The van der Waals surface area contributed by atoms with Crippen LogP contribution in [0.25, 0.3) is 0 Å². The predicted octanol–water partition coefficient (Wildman–Crippen LogP) is 3.35. The average molecular weight is 323 g/mol. The van der Waals surface area contributed by atoms with Gasteiger partial charge in [0.15, 0.2) is 11.5 Å². The molecule has 0 saturated carbocycles. The summed E-state index contributed by atoms with van der Waals surface area (Å²) in [5.74, 6) is 2.48. The Morgan fingerprint density at radius 2 is 1.92 bits per heavy atom. The molecule has 4 rings (SSSR count). The van der Waals surface area contributed by atoms with Crippen LogP contribution in [0.4, 0.5) is 5.69 Å². The highest BCUT2D eigenvalue weighted by atomic mass is 16.7. The standard InChI is InChI=1S/C18H17N3O3/c1-22-15-5-3-2-4-11(15)12-7-18(20)21(9-19)14-8-17-16(6-13(12)14)23-10-24-17/h2-6,8-9,12,19-20H,7,10H2,1H3. The summed E-state index contributed by atoms with van der Waals surface area (Å²) in [5, 5.41) is 16.0. The van der Waals surface area contributed by atoms with E-state index in [0.29, 0.717) is 23.8 Å². The Morgan fingerprint density at radius 3 is 2.67 bits per heavy atom. The number of methoxy groups -OCH3 is 1. The number of nitrogens with one attached hydrogen (secondary N) is 2. The highest BCUT2D eigenvalue weighted by molar-refractivity contribution is 6.12. The zero-order chi connectivity index (χ0) is 16.7. The highest BCUT2D eigenvalue weighted by Crippen LogP contribution is 2.47. The Kier molecular flexibility index (Phi) is 3.37. The lowest BCUT2D eigenvalue weighted by atomic mass is 9.83. The van der Waals surface area contributed by atoms with E-state index in [-0.39, 0.29) is 12.7 Å². The van der Waals surface area contributed by atoms with Crippen molar-refractivity contribution >= 4 is 17.9 Å². The molecule has 0 aromatic heterocycles. The molecule has 6 heteroatoms. The summed E-state index contributed by atoms with van der Waals surface area (Å²) in [6.07, 6.45) is 1.66. The molecule has 6 nitrogen and oxygen atoms in total. The maximum absolute atomic E-state index is 8.34. The van der Waals surface area contributed by atoms with Gasteiger partial charge in [-0.2, -0.15) is 0 Å². The molecule has 2 N–H and O–H groups in total. The smallest absolute Gasteiger partial charge is 0.231 e. The van der Waals surface area contributed by atoms with Crippen LogP contribution in [0.3, 0.4) is 0 Å². The van der Waals surface area contributed by atoms with Crippen LogP contribution in [-0.4, -0.2) is 26.1 Å². The van der Waals surface area contributed by atoms with Crippen LogP contribution in [0.2, 0.25) is 0 Å². The first-order valence-corrected chi connectivity index (χ1v) is 7.66. The number of amidine groups is 1. The second-order valence-corrected chi connectivity index (χ2v) is 5.71. The Hall–Kier alpha value is -3.02. The van der Waals surface area contributed by atoms with Crippen molar-refractivity contribution in [2.75, 3.05) is 18.8 Å². The SMILES string of the molecule is COc1ccccc1C1CC(=N)N(C=N)c2cc3c(cc21)OCO3. The molecule has 0 bridgehead atoms. The van der Waals surface area contributed by atoms with E-state index in [4.69, 9.17) is 25.0 Å². The van der Waals surface area contributed by atoms with Crippen LogP contribution in [0.15, 0.2) is 36.4 Å². The fourth-order valence-corrected chi connectivity index (χ4v) is 3.36. The molecule has 0 amide bonds. The number of rotatable bonds is 3. The third-order valence-electron chi connectivity index (χ3n) is 4.49. The van der Waals surface area contributed by atoms with Crippen LogP contribution in [0.5, 0.6) is 17.2 Å². The van der Waals surface area contributed by atoms with Gasteiger partial charge >= 0.3 is 0 Å². The van der Waals surface area contributed by atoms with Gasteiger partial charge < -0.3 is 14.2 Å². The summed E-state index contributed by atoms with van der Waals surface area (Å²) >= 11 is 0. The van der Waals surface area contributed by atoms with Crippen LogP contribution in [-0.2, 0) is 0 Å². The number of para-hydroxylation sites is 1. The summed E-state index contributed by atoms with van der Waals surface area (Å²) in [6.45, 7) is 0.194. The van der Waals surface area contributed by atoms with Crippen molar-refractivity contribution in [1.29, 1.82) is 10.8 Å². The zero-order valence-electron chi connectivity index (χ0n) is 13.2. The zero-order valence-corrected chi connectivity index (χ0v) is 13.2. The molecule has 2 aromatic rings. The Morgan fingerprint density at radius 1 is 1.17 bits per heavy atom. The maximum Gasteiger partial charge on any atom is 0.231 e. The molecule has 2 aromatic carbocycles. The fourth-order valence-electron chi connectivity index (χ4n) is 3.36. The third-order valence-corrected chi connectivity index (χ3v) is 4.49. The van der Waals surface area contributed by atoms with Gasteiger partial charge in [-0.25, -0.2) is 0 Å². The number of hydrogen-bond acceptors (Lipinski definition) is 5. The van der Waals surface area contributed by atoms with Gasteiger partial charge in [0.05, 0.1) is 19.1 Å². The van der Waals surface area contributed by atoms with Gasteiger partial charge in [0, 0.05) is 24.0 Å². The molecule has 2 aliphatic heterocycles. The summed E-state index contributed by atoms with van der Waals surface area (Å²) in [5.41, 5.74) is 2.80. The summed E-state index contributed by atoms with van der Waals surface area (Å²) in [4.78, 5) is 1.57. The van der Waals surface area contributed by atoms with E-state index in [2.05, 4.69) is 0 Å². The van der Waals surface area contributed by atoms with Gasteiger partial charge in [-0.05, 0) is 17.7 Å². The fraction of sp³-hybridized carbons (Fsp3) is 0.222. The quantitative estimate of drug-likeness (QED) is 0.670. The maximum atomic E-state index is 8.34. The first kappa shape index (κ1) is 14.6. The first-order valence-electron chi connectivity index (χ1n) is 7.66. The first-order chi connectivity index (χ1) is 11.7. The number of benzene rings is 2. The molecule has 0 aliphatic carbocycles. The lowest BCUT2D eigenvalue weighted by Crippen LogP contribution is -2.35. The van der Waals surface area contributed by atoms with Crippen molar-refractivity contribution in [1.82, 2.24) is 0 Å². The van der Waals surface area contributed by atoms with Crippen molar-refractivity contribution in [3.63, 3.8) is 0 Å². The minimum absolute atomic E-state index is 0.0330. The normalized spacial score (nSPS) is 18.3. The largest absolute Gasteiger partial charge is 0.496 e. The second-order valence-electron chi connectivity index (χ2n) is 5.71. The van der Waals surface area contributed by atoms with E-state index >= 15 is 0 Å². The molecule has 1 unspecified atom stereocenters. The second kappa shape index (κ2) is 5.56. The number of anilines is 1. The molecule has 24 heavy (non-hydrogen) atoms. The number of hydrogen-bond donors (Lipinski definition) is 2. The predicted molar refractivity (Wildman–Crippen MR) is 91.0 cm³/mol. The summed E-state index contributed by atoms with van der Waals surface area (Å²) in [6, 6.07) is 11.6. The van der Waals surface area contributed by atoms with Gasteiger partial charge in [-0.1, -0.05) is 18.2 Å². The Labute approximate surface area is 139 Å². The third kappa shape index (κ3) is 2.11. The molecule has 0 radical (unpaired) electrons. The van der Waals surface area contributed by atoms with E-state index in [0.717, 1.165) is 22.6 Å². The lowest BCUT2D eigenvalue weighted by Gasteiger charge is -2.34. The van der Waals surface area contributed by atoms with Crippen LogP contribution >= 0.6 is 0 Å². The van der Waals surface area contributed by atoms with Gasteiger partial charge in [-0.3, -0.25) is 15.7 Å². The molecule has 2 heterocycles. The van der Waals surface area contributed by atoms with Crippen molar-refractivity contribution in [3.8, 4) is 17.2 Å². The highest BCUT2D eigenvalue weighted by Gasteiger charge is 2.33. The van der Waals surface area contributed by atoms with E-state index in [1.165, 1.54) is 6.34 Å². The van der Waals surface area contributed by atoms with Gasteiger partial charge in [0.2, 0.25) is 6.79 Å². The Balaban J connectivity index is 1.92. The molecular weight excluding hydrogens is 306 g/mol. The summed E-state index contributed by atoms with van der Waals surface area (Å²) in [7, 11) is 1.65. The van der Waals surface area contributed by atoms with Crippen LogP contribution in [0, 0.1) is 10.8 Å². The van der Waals surface area contributed by atoms with Crippen molar-refractivity contribution in [2.24, 2.45) is 0 Å². The minimum Gasteiger partial charge on any atom is -0.496 e. The van der Waals surface area contributed by atoms with Gasteiger partial charge in [0.25, 0.3) is 0 Å². The minimum atomic E-state index is -0.0330. The van der Waals surface area contributed by atoms with E-state index in [1.54, 1.807) is 12.0 Å². The molecule has 2 aliphatic rings. The lowest BCUT2D eigenvalue weighted by molar-refractivity contribution is 0.174. The van der Waals surface area contributed by atoms with E-state index in [1.807, 2.05) is 36.4 Å². The molecule has 122 valence electrons. The molecule has 1 atom stereocenters. The van der Waals surface area contributed by atoms with Gasteiger partial charge in [-0.15, -0.1) is 0 Å². The van der Waals surface area contributed by atoms with Crippen LogP contribution in [0.1, 0.15) is 23.5 Å². The topological polar surface area (TPSA) is 78.6 Å². The van der Waals surface area contributed by atoms with Crippen molar-refractivity contribution in [2.45, 2.75) is 12.3 Å². The summed E-state index contributed by atoms with van der Waals surface area (Å²) < 4.78 is 16.5. The number of nitrogens with zero attached hydrogens (tertiary/aromatic N) is 1. The van der Waals surface area contributed by atoms with Crippen molar-refractivity contribution in [3.05, 3.63) is 47.5 Å². The average Bonchev–Trinajstić information content (AvgIpc) is 3.07. The molecule has 0 saturated heterocycles. The van der Waals surface area contributed by atoms with Crippen molar-refractivity contribution < 1.29 is 14.2 Å². The monoisotopic (exact) mass is 323 g/mol. The molecular formula is C18H17N3O3. The molecule has 0 spiro atoms. The van der Waals surface area contributed by atoms with E-state index in [9.17, 15) is 0 Å². The number of ether oxygens (including phenoxy) is 3. The molecule has 0 fully saturated rings. The Bertz CT molecular complexity index is 834. The van der Waals surface area contributed by atoms with Gasteiger partial charge in [0.1, 0.15) is 11.6 Å². The van der Waals surface area contributed by atoms with E-state index < -0.39 is 0 Å². The number of fused-ring (bicyclic) bond motifs is 2. The van der Waals surface area contributed by atoms with Crippen LogP contribution < -0.4 is 19.1 Å².